The largest absolute Gasteiger partial charge is 0.529 e. The molecule has 1 aromatic rings. The van der Waals surface area contributed by atoms with E-state index in [-0.39, 0.29) is 11.8 Å². The van der Waals surface area contributed by atoms with Crippen LogP contribution in [0.25, 0.3) is 0 Å². The summed E-state index contributed by atoms with van der Waals surface area (Å²) in [5.41, 5.74) is 0.786. The number of ether oxygens (including phenoxy) is 1. The van der Waals surface area contributed by atoms with Crippen LogP contribution in [0, 0.1) is 11.8 Å². The topological polar surface area (TPSA) is 26.3 Å². The first-order chi connectivity index (χ1) is 10.6. The summed E-state index contributed by atoms with van der Waals surface area (Å²) >= 11 is 0. The minimum absolute atomic E-state index is 0.0543. The maximum Gasteiger partial charge on any atom is 0.529 e. The molecule has 0 radical (unpaired) electrons. The van der Waals surface area contributed by atoms with E-state index in [4.69, 9.17) is 4.74 Å². The molecule has 3 rings (SSSR count). The molecule has 22 heavy (non-hydrogen) atoms. The zero-order chi connectivity index (χ0) is 15.8. The Morgan fingerprint density at radius 3 is 2.55 bits per heavy atom. The summed E-state index contributed by atoms with van der Waals surface area (Å²) in [6.45, 7) is 7.67. The first kappa shape index (κ1) is 15.5. The van der Waals surface area contributed by atoms with Gasteiger partial charge in [0.2, 0.25) is 0 Å². The molecule has 4 atom stereocenters. The first-order valence-corrected chi connectivity index (χ1v) is 8.73. The van der Waals surface area contributed by atoms with Gasteiger partial charge in [0.1, 0.15) is 5.69 Å². The van der Waals surface area contributed by atoms with Crippen LogP contribution in [0.4, 0.5) is 10.5 Å². The van der Waals surface area contributed by atoms with Gasteiger partial charge in [0, 0.05) is 12.8 Å². The number of benzene rings is 1. The van der Waals surface area contributed by atoms with Crippen molar-refractivity contribution in [3.8, 4) is 0 Å². The molecule has 1 aliphatic heterocycles. The van der Waals surface area contributed by atoms with Crippen molar-refractivity contribution < 1.29 is 9.53 Å². The van der Waals surface area contributed by atoms with Crippen LogP contribution in [0.2, 0.25) is 0 Å². The number of hydrogen-bond donors (Lipinski definition) is 0. The van der Waals surface area contributed by atoms with Gasteiger partial charge in [-0.3, -0.25) is 0 Å². The predicted molar refractivity (Wildman–Crippen MR) is 89.4 cm³/mol. The van der Waals surface area contributed by atoms with E-state index >= 15 is 0 Å². The van der Waals surface area contributed by atoms with E-state index in [0.29, 0.717) is 16.3 Å². The number of carbonyl (C=O) groups is 1. The van der Waals surface area contributed by atoms with Crippen LogP contribution in [-0.4, -0.2) is 18.4 Å². The molecule has 0 aromatic heterocycles. The fourth-order valence-corrected chi connectivity index (χ4v) is 4.27. The van der Waals surface area contributed by atoms with Crippen molar-refractivity contribution in [1.29, 1.82) is 0 Å². The molecule has 1 amide bonds. The Labute approximate surface area is 133 Å². The quantitative estimate of drug-likeness (QED) is 0.724. The Morgan fingerprint density at radius 2 is 1.95 bits per heavy atom. The van der Waals surface area contributed by atoms with E-state index in [9.17, 15) is 4.79 Å². The fraction of sp³-hybridized carbons (Fsp3) is 0.632. The maximum absolute atomic E-state index is 12.7. The SMILES string of the molecule is CCCC[N+]1(c2ccccc2)C(=O)OC12CCC(C)C(C)C2. The molecular weight excluding hydrogens is 274 g/mol. The lowest BCUT2D eigenvalue weighted by atomic mass is 9.74. The first-order valence-electron chi connectivity index (χ1n) is 8.73. The zero-order valence-corrected chi connectivity index (χ0v) is 14.0. The Bertz CT molecular complexity index is 544. The van der Waals surface area contributed by atoms with Gasteiger partial charge in [0.15, 0.2) is 0 Å². The molecule has 1 heterocycles. The van der Waals surface area contributed by atoms with Crippen LogP contribution in [0.15, 0.2) is 30.3 Å². The molecule has 1 aliphatic carbocycles. The Balaban J connectivity index is 2.01. The number of unbranched alkanes of at least 4 members (excludes halogenated alkanes) is 1. The minimum atomic E-state index is -0.320. The molecule has 0 N–H and O–H groups in total. The van der Waals surface area contributed by atoms with Crippen molar-refractivity contribution in [1.82, 2.24) is 4.48 Å². The van der Waals surface area contributed by atoms with Crippen LogP contribution in [-0.2, 0) is 4.74 Å². The normalized spacial score (nSPS) is 37.7. The molecule has 0 bridgehead atoms. The summed E-state index contributed by atoms with van der Waals surface area (Å²) in [7, 11) is 0. The molecule has 3 heteroatoms. The summed E-state index contributed by atoms with van der Waals surface area (Å²) in [6, 6.07) is 10.3. The summed E-state index contributed by atoms with van der Waals surface area (Å²) in [6.07, 6.45) is 5.22. The number of para-hydroxylation sites is 1. The Morgan fingerprint density at radius 1 is 1.23 bits per heavy atom. The molecule has 2 fully saturated rings. The third-order valence-electron chi connectivity index (χ3n) is 5.93. The van der Waals surface area contributed by atoms with Crippen molar-refractivity contribution in [3.05, 3.63) is 30.3 Å². The molecular formula is C19H28NO2+. The molecule has 1 saturated heterocycles. The third kappa shape index (κ3) is 2.10. The fourth-order valence-electron chi connectivity index (χ4n) is 4.27. The van der Waals surface area contributed by atoms with Crippen molar-refractivity contribution in [2.24, 2.45) is 11.8 Å². The van der Waals surface area contributed by atoms with E-state index in [1.165, 1.54) is 0 Å². The molecule has 3 nitrogen and oxygen atoms in total. The summed E-state index contributed by atoms with van der Waals surface area (Å²) in [5, 5.41) is 0. The second kappa shape index (κ2) is 5.69. The van der Waals surface area contributed by atoms with Gasteiger partial charge in [-0.15, -0.1) is 0 Å². The lowest BCUT2D eigenvalue weighted by Crippen LogP contribution is -2.81. The van der Waals surface area contributed by atoms with Crippen molar-refractivity contribution >= 4 is 11.8 Å². The highest BCUT2D eigenvalue weighted by Gasteiger charge is 2.72. The monoisotopic (exact) mass is 302 g/mol. The number of nitrogens with zero attached hydrogens (tertiary/aromatic N) is 1. The van der Waals surface area contributed by atoms with Crippen LogP contribution in [0.3, 0.4) is 0 Å². The molecule has 4 unspecified atom stereocenters. The van der Waals surface area contributed by atoms with E-state index in [1.54, 1.807) is 0 Å². The van der Waals surface area contributed by atoms with E-state index in [2.05, 4.69) is 32.9 Å². The van der Waals surface area contributed by atoms with Gasteiger partial charge in [-0.2, -0.15) is 9.28 Å². The zero-order valence-electron chi connectivity index (χ0n) is 14.0. The van der Waals surface area contributed by atoms with Crippen molar-refractivity contribution in [2.45, 2.75) is 58.6 Å². The highest BCUT2D eigenvalue weighted by Crippen LogP contribution is 2.53. The van der Waals surface area contributed by atoms with Crippen LogP contribution in [0.1, 0.15) is 52.9 Å². The maximum atomic E-state index is 12.7. The number of hydrogen-bond acceptors (Lipinski definition) is 2. The third-order valence-corrected chi connectivity index (χ3v) is 5.93. The van der Waals surface area contributed by atoms with Gasteiger partial charge in [0.25, 0.3) is 5.72 Å². The van der Waals surface area contributed by atoms with E-state index in [1.807, 2.05) is 18.2 Å². The van der Waals surface area contributed by atoms with Crippen molar-refractivity contribution in [2.75, 3.05) is 6.54 Å². The second-order valence-electron chi connectivity index (χ2n) is 7.23. The molecule has 120 valence electrons. The summed E-state index contributed by atoms with van der Waals surface area (Å²) < 4.78 is 6.30. The highest BCUT2D eigenvalue weighted by atomic mass is 16.6. The number of amides is 1. The molecule has 1 aromatic carbocycles. The van der Waals surface area contributed by atoms with Crippen LogP contribution >= 0.6 is 0 Å². The van der Waals surface area contributed by atoms with Gasteiger partial charge in [-0.25, -0.2) is 0 Å². The van der Waals surface area contributed by atoms with Gasteiger partial charge < -0.3 is 4.74 Å². The van der Waals surface area contributed by atoms with E-state index < -0.39 is 0 Å². The highest BCUT2D eigenvalue weighted by molar-refractivity contribution is 5.89. The Hall–Kier alpha value is -1.35. The second-order valence-corrected chi connectivity index (χ2v) is 7.23. The molecule has 1 saturated carbocycles. The predicted octanol–water partition coefficient (Wildman–Crippen LogP) is 5.10. The summed E-state index contributed by atoms with van der Waals surface area (Å²) in [5.74, 6) is 1.32. The average Bonchev–Trinajstić information content (AvgIpc) is 2.52. The standard InChI is InChI=1S/C19H28NO2/c1-4-5-13-20(17-9-7-6-8-10-17)18(21)22-19(20)12-11-15(2)16(3)14-19/h6-10,15-16H,4-5,11-14H2,1-3H3/q+1. The lowest BCUT2D eigenvalue weighted by Gasteiger charge is -2.58. The summed E-state index contributed by atoms with van der Waals surface area (Å²) in [4.78, 5) is 12.7. The molecule has 1 spiro atoms. The smallest absolute Gasteiger partial charge is 0.363 e. The minimum Gasteiger partial charge on any atom is -0.363 e. The van der Waals surface area contributed by atoms with Crippen molar-refractivity contribution in [3.63, 3.8) is 0 Å². The van der Waals surface area contributed by atoms with E-state index in [0.717, 1.165) is 44.3 Å². The Kier molecular flexibility index (Phi) is 4.02. The van der Waals surface area contributed by atoms with Crippen LogP contribution < -0.4 is 4.48 Å². The van der Waals surface area contributed by atoms with Gasteiger partial charge >= 0.3 is 6.09 Å². The number of carbonyl (C=O) groups excluding carboxylic acids is 1. The van der Waals surface area contributed by atoms with Crippen LogP contribution in [0.5, 0.6) is 0 Å². The number of quaternary nitrogens is 1. The van der Waals surface area contributed by atoms with Gasteiger partial charge in [-0.05, 0) is 36.8 Å². The average molecular weight is 302 g/mol. The van der Waals surface area contributed by atoms with Gasteiger partial charge in [-0.1, -0.05) is 45.4 Å². The van der Waals surface area contributed by atoms with Gasteiger partial charge in [0.05, 0.1) is 6.54 Å². The lowest BCUT2D eigenvalue weighted by molar-refractivity contribution is -0.208. The number of rotatable bonds is 4. The molecule has 2 aliphatic rings.